The molecule has 0 aromatic carbocycles. The first kappa shape index (κ1) is 10.6. The van der Waals surface area contributed by atoms with Gasteiger partial charge >= 0.3 is 0 Å². The van der Waals surface area contributed by atoms with Crippen LogP contribution in [0.5, 0.6) is 0 Å². The molecule has 2 heterocycles. The van der Waals surface area contributed by atoms with Gasteiger partial charge in [-0.1, -0.05) is 0 Å². The van der Waals surface area contributed by atoms with E-state index >= 15 is 0 Å². The first-order valence-electron chi connectivity index (χ1n) is 4.92. The zero-order valence-corrected chi connectivity index (χ0v) is 10.2. The van der Waals surface area contributed by atoms with E-state index in [4.69, 9.17) is 4.74 Å². The average Bonchev–Trinajstić information content (AvgIpc) is 2.63. The monoisotopic (exact) mass is 268 g/mol. The van der Waals surface area contributed by atoms with Crippen LogP contribution >= 0.6 is 15.9 Å². The van der Waals surface area contributed by atoms with Crippen molar-refractivity contribution < 1.29 is 4.74 Å². The fourth-order valence-corrected chi connectivity index (χ4v) is 1.99. The molecule has 0 saturated carbocycles. The molecule has 0 N–H and O–H groups in total. The van der Waals surface area contributed by atoms with Crippen molar-refractivity contribution in [2.45, 2.75) is 12.8 Å². The quantitative estimate of drug-likeness (QED) is 0.798. The van der Waals surface area contributed by atoms with Gasteiger partial charge in [-0.3, -0.25) is 0 Å². The maximum absolute atomic E-state index is 5.02. The number of fused-ring (bicyclic) bond motifs is 1. The Bertz CT molecular complexity index is 453. The van der Waals surface area contributed by atoms with Gasteiger partial charge in [0, 0.05) is 26.1 Å². The zero-order chi connectivity index (χ0) is 10.7. The molecule has 0 saturated heterocycles. The van der Waals surface area contributed by atoms with Gasteiger partial charge in [-0.15, -0.1) is 0 Å². The number of methoxy groups -OCH3 is 1. The molecule has 0 bridgehead atoms. The summed E-state index contributed by atoms with van der Waals surface area (Å²) in [5.74, 6) is 0. The minimum atomic E-state index is 0.787. The summed E-state index contributed by atoms with van der Waals surface area (Å²) in [4.78, 5) is 4.54. The van der Waals surface area contributed by atoms with Gasteiger partial charge in [0.1, 0.15) is 0 Å². The second kappa shape index (κ2) is 4.77. The fraction of sp³-hybridized carbons (Fsp3) is 0.364. The van der Waals surface area contributed by atoms with Crippen LogP contribution in [0.25, 0.3) is 5.65 Å². The molecule has 0 aliphatic rings. The number of aryl methyl sites for hydroxylation is 1. The lowest BCUT2D eigenvalue weighted by Crippen LogP contribution is -1.92. The number of ether oxygens (including phenoxy) is 1. The molecule has 3 nitrogen and oxygen atoms in total. The summed E-state index contributed by atoms with van der Waals surface area (Å²) in [5.41, 5.74) is 2.09. The average molecular weight is 269 g/mol. The second-order valence-corrected chi connectivity index (χ2v) is 4.27. The van der Waals surface area contributed by atoms with E-state index in [1.54, 1.807) is 7.11 Å². The van der Waals surface area contributed by atoms with Crippen LogP contribution in [0.2, 0.25) is 0 Å². The van der Waals surface area contributed by atoms with Crippen molar-refractivity contribution in [1.82, 2.24) is 9.38 Å². The van der Waals surface area contributed by atoms with Gasteiger partial charge in [-0.25, -0.2) is 4.98 Å². The molecule has 4 heteroatoms. The van der Waals surface area contributed by atoms with Crippen LogP contribution in [-0.4, -0.2) is 23.1 Å². The minimum absolute atomic E-state index is 0.787. The smallest absolute Gasteiger partial charge is 0.151 e. The maximum atomic E-state index is 5.02. The molecule has 2 aromatic rings. The Labute approximate surface area is 97.2 Å². The highest BCUT2D eigenvalue weighted by atomic mass is 79.9. The summed E-state index contributed by atoms with van der Waals surface area (Å²) in [6.45, 7) is 0.787. The molecule has 0 unspecified atom stereocenters. The third-order valence-corrected chi connectivity index (χ3v) is 2.89. The highest BCUT2D eigenvalue weighted by Gasteiger charge is 2.03. The molecule has 0 fully saturated rings. The summed E-state index contributed by atoms with van der Waals surface area (Å²) >= 11 is 3.48. The molecule has 0 aliphatic heterocycles. The Hall–Kier alpha value is -0.870. The third-order valence-electron chi connectivity index (χ3n) is 2.27. The van der Waals surface area contributed by atoms with Crippen molar-refractivity contribution in [2.75, 3.05) is 13.7 Å². The number of hydrogen-bond donors (Lipinski definition) is 0. The van der Waals surface area contributed by atoms with Crippen LogP contribution in [0.15, 0.2) is 29.0 Å². The summed E-state index contributed by atoms with van der Waals surface area (Å²) < 4.78 is 8.08. The van der Waals surface area contributed by atoms with E-state index in [1.807, 2.05) is 22.7 Å². The van der Waals surface area contributed by atoms with E-state index in [2.05, 4.69) is 27.1 Å². The molecule has 15 heavy (non-hydrogen) atoms. The predicted octanol–water partition coefficient (Wildman–Crippen LogP) is 2.68. The molecule has 80 valence electrons. The van der Waals surface area contributed by atoms with Crippen molar-refractivity contribution in [3.8, 4) is 0 Å². The van der Waals surface area contributed by atoms with E-state index in [9.17, 15) is 0 Å². The summed E-state index contributed by atoms with van der Waals surface area (Å²) in [7, 11) is 1.72. The molecule has 0 spiro atoms. The molecule has 2 rings (SSSR count). The van der Waals surface area contributed by atoms with Gasteiger partial charge in [0.05, 0.1) is 10.2 Å². The molecule has 0 aliphatic carbocycles. The number of pyridine rings is 1. The number of imidazole rings is 1. The lowest BCUT2D eigenvalue weighted by atomic mass is 10.3. The Morgan fingerprint density at radius 3 is 3.13 bits per heavy atom. The van der Waals surface area contributed by atoms with Gasteiger partial charge in [0.25, 0.3) is 0 Å². The molecule has 0 atom stereocenters. The lowest BCUT2D eigenvalue weighted by molar-refractivity contribution is 0.195. The van der Waals surface area contributed by atoms with E-state index in [1.165, 1.54) is 0 Å². The van der Waals surface area contributed by atoms with Crippen LogP contribution < -0.4 is 0 Å². The van der Waals surface area contributed by atoms with Gasteiger partial charge in [-0.2, -0.15) is 0 Å². The van der Waals surface area contributed by atoms with E-state index in [-0.39, 0.29) is 0 Å². The van der Waals surface area contributed by atoms with Crippen molar-refractivity contribution in [3.05, 3.63) is 34.7 Å². The Morgan fingerprint density at radius 2 is 2.40 bits per heavy atom. The summed E-state index contributed by atoms with van der Waals surface area (Å²) in [5, 5.41) is 0. The fourth-order valence-electron chi connectivity index (χ4n) is 1.55. The van der Waals surface area contributed by atoms with Crippen molar-refractivity contribution >= 4 is 21.6 Å². The largest absolute Gasteiger partial charge is 0.385 e. The minimum Gasteiger partial charge on any atom is -0.385 e. The van der Waals surface area contributed by atoms with Crippen LogP contribution in [0.4, 0.5) is 0 Å². The van der Waals surface area contributed by atoms with Gasteiger partial charge in [-0.05, 0) is 40.9 Å². The first-order chi connectivity index (χ1) is 7.31. The van der Waals surface area contributed by atoms with Gasteiger partial charge < -0.3 is 9.14 Å². The van der Waals surface area contributed by atoms with Crippen LogP contribution in [0.1, 0.15) is 12.1 Å². The highest BCUT2D eigenvalue weighted by Crippen LogP contribution is 2.17. The molecule has 0 radical (unpaired) electrons. The Morgan fingerprint density at radius 1 is 1.53 bits per heavy atom. The SMILES string of the molecule is COCCCc1cn2cccc(Br)c2n1. The number of hydrogen-bond acceptors (Lipinski definition) is 2. The van der Waals surface area contributed by atoms with Crippen molar-refractivity contribution in [1.29, 1.82) is 0 Å². The third kappa shape index (κ3) is 2.38. The number of rotatable bonds is 4. The number of halogens is 1. The Kier molecular flexibility index (Phi) is 3.38. The van der Waals surface area contributed by atoms with Crippen molar-refractivity contribution in [3.63, 3.8) is 0 Å². The van der Waals surface area contributed by atoms with Crippen molar-refractivity contribution in [2.24, 2.45) is 0 Å². The van der Waals surface area contributed by atoms with Gasteiger partial charge in [0.2, 0.25) is 0 Å². The number of nitrogens with zero attached hydrogens (tertiary/aromatic N) is 2. The molecular weight excluding hydrogens is 256 g/mol. The predicted molar refractivity (Wildman–Crippen MR) is 63.1 cm³/mol. The maximum Gasteiger partial charge on any atom is 0.151 e. The number of aromatic nitrogens is 2. The molecular formula is C11H13BrN2O. The van der Waals surface area contributed by atoms with E-state index in [0.29, 0.717) is 0 Å². The van der Waals surface area contributed by atoms with E-state index < -0.39 is 0 Å². The standard InChI is InChI=1S/C11H13BrN2O/c1-15-7-3-4-9-8-14-6-2-5-10(12)11(14)13-9/h2,5-6,8H,3-4,7H2,1H3. The highest BCUT2D eigenvalue weighted by molar-refractivity contribution is 9.10. The lowest BCUT2D eigenvalue weighted by Gasteiger charge is -1.94. The first-order valence-corrected chi connectivity index (χ1v) is 5.71. The van der Waals surface area contributed by atoms with Crippen LogP contribution in [0, 0.1) is 0 Å². The van der Waals surface area contributed by atoms with E-state index in [0.717, 1.165) is 35.3 Å². The molecule has 2 aromatic heterocycles. The zero-order valence-electron chi connectivity index (χ0n) is 8.61. The normalized spacial score (nSPS) is 11.1. The van der Waals surface area contributed by atoms with Crippen LogP contribution in [-0.2, 0) is 11.2 Å². The second-order valence-electron chi connectivity index (χ2n) is 3.42. The summed E-state index contributed by atoms with van der Waals surface area (Å²) in [6.07, 6.45) is 6.04. The molecule has 0 amide bonds. The van der Waals surface area contributed by atoms with Gasteiger partial charge in [0.15, 0.2) is 5.65 Å². The van der Waals surface area contributed by atoms with Crippen LogP contribution in [0.3, 0.4) is 0 Å². The summed E-state index contributed by atoms with van der Waals surface area (Å²) in [6, 6.07) is 4.00. The Balaban J connectivity index is 2.20. The topological polar surface area (TPSA) is 26.5 Å².